The molecule has 0 bridgehead atoms. The predicted molar refractivity (Wildman–Crippen MR) is 194 cm³/mol. The third-order valence-corrected chi connectivity index (χ3v) is 8.72. The van der Waals surface area contributed by atoms with E-state index in [0.717, 1.165) is 84.4 Å². The smallest absolute Gasteiger partial charge is 0.160 e. The number of nitrogens with zero attached hydrogens (tertiary/aromatic N) is 4. The Morgan fingerprint density at radius 3 is 1.68 bits per heavy atom. The van der Waals surface area contributed by atoms with E-state index in [1.807, 2.05) is 24.3 Å². The maximum absolute atomic E-state index is 5.09. The number of hydrogen-bond donors (Lipinski definition) is 0. The fourth-order valence-electron chi connectivity index (χ4n) is 6.22. The summed E-state index contributed by atoms with van der Waals surface area (Å²) in [6.07, 6.45) is 0.891. The lowest BCUT2D eigenvalue weighted by molar-refractivity contribution is 1.06. The van der Waals surface area contributed by atoms with Crippen molar-refractivity contribution in [1.29, 1.82) is 0 Å². The molecule has 4 nitrogen and oxygen atoms in total. The van der Waals surface area contributed by atoms with Crippen LogP contribution in [-0.4, -0.2) is 19.9 Å². The van der Waals surface area contributed by atoms with Crippen LogP contribution in [0.2, 0.25) is 0 Å². The number of pyridine rings is 2. The van der Waals surface area contributed by atoms with Crippen molar-refractivity contribution in [3.63, 3.8) is 0 Å². The number of hydrogen-bond acceptors (Lipinski definition) is 4. The molecule has 0 atom stereocenters. The summed E-state index contributed by atoms with van der Waals surface area (Å²) in [5.41, 5.74) is 13.4. The van der Waals surface area contributed by atoms with Gasteiger partial charge in [0.15, 0.2) is 5.82 Å². The Hall–Kier alpha value is -6.00. The van der Waals surface area contributed by atoms with Gasteiger partial charge < -0.3 is 0 Å². The summed E-state index contributed by atoms with van der Waals surface area (Å²) in [7, 11) is 0. The summed E-state index contributed by atoms with van der Waals surface area (Å²) < 4.78 is 0. The largest absolute Gasteiger partial charge is 0.251 e. The van der Waals surface area contributed by atoms with E-state index < -0.39 is 0 Å². The van der Waals surface area contributed by atoms with Crippen LogP contribution in [0.5, 0.6) is 0 Å². The lowest BCUT2D eigenvalue weighted by Gasteiger charge is -2.12. The maximum atomic E-state index is 5.09. The average Bonchev–Trinajstić information content (AvgIpc) is 3.15. The van der Waals surface area contributed by atoms with Crippen molar-refractivity contribution in [3.05, 3.63) is 157 Å². The van der Waals surface area contributed by atoms with Crippen molar-refractivity contribution in [2.24, 2.45) is 0 Å². The van der Waals surface area contributed by atoms with Crippen LogP contribution in [0.25, 0.3) is 78.0 Å². The Bertz CT molecular complexity index is 2360. The molecule has 47 heavy (non-hydrogen) atoms. The maximum Gasteiger partial charge on any atom is 0.160 e. The van der Waals surface area contributed by atoms with Gasteiger partial charge in [0.05, 0.1) is 22.4 Å². The van der Waals surface area contributed by atoms with E-state index in [1.165, 1.54) is 5.56 Å². The number of rotatable bonds is 6. The number of benzene rings is 5. The van der Waals surface area contributed by atoms with Gasteiger partial charge in [-0.25, -0.2) is 9.97 Å². The van der Waals surface area contributed by atoms with Gasteiger partial charge in [-0.05, 0) is 53.8 Å². The molecule has 3 heterocycles. The zero-order valence-electron chi connectivity index (χ0n) is 26.4. The van der Waals surface area contributed by atoms with Gasteiger partial charge in [-0.15, -0.1) is 0 Å². The minimum atomic E-state index is 0.701. The van der Waals surface area contributed by atoms with Crippen molar-refractivity contribution in [1.82, 2.24) is 19.9 Å². The van der Waals surface area contributed by atoms with Gasteiger partial charge in [-0.2, -0.15) is 0 Å². The first-order chi connectivity index (χ1) is 23.1. The minimum Gasteiger partial charge on any atom is -0.251 e. The van der Waals surface area contributed by atoms with Gasteiger partial charge in [0.2, 0.25) is 0 Å². The molecule has 0 spiro atoms. The lowest BCUT2D eigenvalue weighted by Crippen LogP contribution is -1.96. The Kier molecular flexibility index (Phi) is 7.31. The molecule has 0 radical (unpaired) electrons. The van der Waals surface area contributed by atoms with E-state index in [1.54, 1.807) is 0 Å². The van der Waals surface area contributed by atoms with Gasteiger partial charge in [0.25, 0.3) is 0 Å². The van der Waals surface area contributed by atoms with Crippen molar-refractivity contribution < 1.29 is 0 Å². The highest BCUT2D eigenvalue weighted by Crippen LogP contribution is 2.34. The summed E-state index contributed by atoms with van der Waals surface area (Å²) in [6, 6.07) is 50.7. The lowest BCUT2D eigenvalue weighted by atomic mass is 9.97. The SMILES string of the molecule is CCc1ccc2ccc3c(-c4ccc(-c5cc(-c6ccccc6)nc(-c6ccc(-c7ccccc7)cc6)n5)cc4)cc(C)nc3c2n1. The van der Waals surface area contributed by atoms with E-state index in [2.05, 4.69) is 135 Å². The molecule has 0 saturated carbocycles. The van der Waals surface area contributed by atoms with Crippen LogP contribution in [0.15, 0.2) is 146 Å². The average molecular weight is 605 g/mol. The number of aromatic nitrogens is 4. The molecule has 224 valence electrons. The number of aryl methyl sites for hydroxylation is 2. The second kappa shape index (κ2) is 12.1. The van der Waals surface area contributed by atoms with Crippen LogP contribution in [0.3, 0.4) is 0 Å². The molecule has 0 aliphatic rings. The second-order valence-corrected chi connectivity index (χ2v) is 11.8. The summed E-state index contributed by atoms with van der Waals surface area (Å²) in [4.78, 5) is 20.0. The monoisotopic (exact) mass is 604 g/mol. The van der Waals surface area contributed by atoms with Gasteiger partial charge in [0.1, 0.15) is 0 Å². The van der Waals surface area contributed by atoms with Crippen LogP contribution in [0, 0.1) is 6.92 Å². The fourth-order valence-corrected chi connectivity index (χ4v) is 6.22. The van der Waals surface area contributed by atoms with E-state index in [4.69, 9.17) is 19.9 Å². The second-order valence-electron chi connectivity index (χ2n) is 11.8. The summed E-state index contributed by atoms with van der Waals surface area (Å²) in [5, 5.41) is 2.21. The number of fused-ring (bicyclic) bond motifs is 3. The van der Waals surface area contributed by atoms with Gasteiger partial charge >= 0.3 is 0 Å². The standard InChI is InChI=1S/C43H32N4/c1-3-36-24-22-34-23-25-37-38(26-28(2)44-42(37)41(34)45-36)31-16-18-33(19-17-31)40-27-39(32-12-8-5-9-13-32)46-43(47-40)35-20-14-30(15-21-35)29-10-6-4-7-11-29/h4-27H,3H2,1-2H3. The molecule has 3 aromatic heterocycles. The quantitative estimate of drug-likeness (QED) is 0.177. The third kappa shape index (κ3) is 5.55. The van der Waals surface area contributed by atoms with Crippen LogP contribution >= 0.6 is 0 Å². The molecule has 8 rings (SSSR count). The summed E-state index contributed by atoms with van der Waals surface area (Å²) in [5.74, 6) is 0.701. The Morgan fingerprint density at radius 2 is 1.00 bits per heavy atom. The first-order valence-electron chi connectivity index (χ1n) is 16.0. The molecule has 5 aromatic carbocycles. The normalized spacial score (nSPS) is 11.3. The first kappa shape index (κ1) is 28.5. The van der Waals surface area contributed by atoms with E-state index >= 15 is 0 Å². The molecule has 4 heteroatoms. The molecular formula is C43H32N4. The van der Waals surface area contributed by atoms with Crippen molar-refractivity contribution in [2.75, 3.05) is 0 Å². The predicted octanol–water partition coefficient (Wildman–Crippen LogP) is 10.8. The Balaban J connectivity index is 1.20. The van der Waals surface area contributed by atoms with Crippen LogP contribution in [-0.2, 0) is 6.42 Å². The highest BCUT2D eigenvalue weighted by atomic mass is 14.9. The Morgan fingerprint density at radius 1 is 0.447 bits per heavy atom. The molecule has 0 unspecified atom stereocenters. The van der Waals surface area contributed by atoms with Crippen LogP contribution < -0.4 is 0 Å². The summed E-state index contributed by atoms with van der Waals surface area (Å²) >= 11 is 0. The Labute approximate surface area is 274 Å². The zero-order chi connectivity index (χ0) is 31.7. The van der Waals surface area contributed by atoms with Crippen molar-refractivity contribution >= 4 is 21.8 Å². The van der Waals surface area contributed by atoms with E-state index in [0.29, 0.717) is 5.82 Å². The third-order valence-electron chi connectivity index (χ3n) is 8.72. The van der Waals surface area contributed by atoms with Gasteiger partial charge in [0, 0.05) is 38.9 Å². The van der Waals surface area contributed by atoms with Crippen molar-refractivity contribution in [2.45, 2.75) is 20.3 Å². The fraction of sp³-hybridized carbons (Fsp3) is 0.0698. The molecule has 0 saturated heterocycles. The van der Waals surface area contributed by atoms with Gasteiger partial charge in [-0.3, -0.25) is 9.97 Å². The molecular weight excluding hydrogens is 573 g/mol. The summed E-state index contributed by atoms with van der Waals surface area (Å²) in [6.45, 7) is 4.19. The van der Waals surface area contributed by atoms with E-state index in [9.17, 15) is 0 Å². The van der Waals surface area contributed by atoms with Crippen molar-refractivity contribution in [3.8, 4) is 56.2 Å². The molecule has 0 fully saturated rings. The highest BCUT2D eigenvalue weighted by Gasteiger charge is 2.14. The molecule has 8 aromatic rings. The highest BCUT2D eigenvalue weighted by molar-refractivity contribution is 6.08. The topological polar surface area (TPSA) is 51.6 Å². The molecule has 0 aliphatic carbocycles. The zero-order valence-corrected chi connectivity index (χ0v) is 26.4. The molecule has 0 N–H and O–H groups in total. The van der Waals surface area contributed by atoms with E-state index in [-0.39, 0.29) is 0 Å². The minimum absolute atomic E-state index is 0.701. The van der Waals surface area contributed by atoms with Crippen LogP contribution in [0.1, 0.15) is 18.3 Å². The molecule has 0 aliphatic heterocycles. The van der Waals surface area contributed by atoms with Gasteiger partial charge in [-0.1, -0.05) is 134 Å². The molecule has 0 amide bonds. The van der Waals surface area contributed by atoms with Crippen LogP contribution in [0.4, 0.5) is 0 Å². The first-order valence-corrected chi connectivity index (χ1v) is 16.0.